The van der Waals surface area contributed by atoms with Gasteiger partial charge in [0.25, 0.3) is 5.89 Å². The fourth-order valence-corrected chi connectivity index (χ4v) is 4.26. The molecule has 4 rings (SSSR count). The van der Waals surface area contributed by atoms with Gasteiger partial charge in [-0.3, -0.25) is 0 Å². The van der Waals surface area contributed by atoms with Gasteiger partial charge < -0.3 is 10.3 Å². The first-order valence-electron chi connectivity index (χ1n) is 7.39. The van der Waals surface area contributed by atoms with Gasteiger partial charge in [0, 0.05) is 4.70 Å². The lowest BCUT2D eigenvalue weighted by molar-refractivity contribution is 0.373. The fraction of sp³-hybridized carbons (Fsp3) is 0.375. The molecule has 4 nitrogen and oxygen atoms in total. The van der Waals surface area contributed by atoms with Gasteiger partial charge in [-0.2, -0.15) is 4.98 Å². The summed E-state index contributed by atoms with van der Waals surface area (Å²) in [7, 11) is 0. The number of hydrogen-bond donors (Lipinski definition) is 1. The highest BCUT2D eigenvalue weighted by atomic mass is 32.1. The van der Waals surface area contributed by atoms with Gasteiger partial charge in [0.15, 0.2) is 5.82 Å². The third kappa shape index (κ3) is 2.06. The molecule has 1 aliphatic rings. The smallest absolute Gasteiger partial charge is 0.268 e. The summed E-state index contributed by atoms with van der Waals surface area (Å²) in [5.41, 5.74) is 6.88. The summed E-state index contributed by atoms with van der Waals surface area (Å²) in [5.74, 6) is 0.826. The van der Waals surface area contributed by atoms with Crippen LogP contribution >= 0.6 is 11.3 Å². The fourth-order valence-electron chi connectivity index (χ4n) is 3.14. The zero-order chi connectivity index (χ0) is 15.3. The Balaban J connectivity index is 1.79. The Hall–Kier alpha value is -1.79. The van der Waals surface area contributed by atoms with E-state index in [2.05, 4.69) is 10.1 Å². The van der Waals surface area contributed by atoms with Gasteiger partial charge in [-0.25, -0.2) is 4.39 Å². The molecule has 22 heavy (non-hydrogen) atoms. The highest BCUT2D eigenvalue weighted by Crippen LogP contribution is 2.40. The average Bonchev–Trinajstić information content (AvgIpc) is 3.20. The number of rotatable bonds is 2. The number of aromatic nitrogens is 2. The first-order valence-corrected chi connectivity index (χ1v) is 8.21. The second-order valence-electron chi connectivity index (χ2n) is 5.98. The number of nitrogens with two attached hydrogens (primary N) is 1. The third-order valence-electron chi connectivity index (χ3n) is 4.46. The summed E-state index contributed by atoms with van der Waals surface area (Å²) in [6, 6.07) is 4.79. The van der Waals surface area contributed by atoms with E-state index in [1.165, 1.54) is 17.4 Å². The van der Waals surface area contributed by atoms with Crippen molar-refractivity contribution in [2.24, 2.45) is 5.73 Å². The van der Waals surface area contributed by atoms with Crippen LogP contribution in [-0.4, -0.2) is 10.1 Å². The van der Waals surface area contributed by atoms with E-state index in [0.29, 0.717) is 11.7 Å². The minimum Gasteiger partial charge on any atom is -0.333 e. The van der Waals surface area contributed by atoms with Gasteiger partial charge in [-0.15, -0.1) is 11.3 Å². The van der Waals surface area contributed by atoms with E-state index >= 15 is 0 Å². The maximum absolute atomic E-state index is 13.4. The highest BCUT2D eigenvalue weighted by Gasteiger charge is 2.36. The summed E-state index contributed by atoms with van der Waals surface area (Å²) in [6.07, 6.45) is 3.98. The van der Waals surface area contributed by atoms with Crippen molar-refractivity contribution in [3.63, 3.8) is 0 Å². The molecule has 0 aliphatic heterocycles. The maximum Gasteiger partial charge on any atom is 0.268 e. The molecule has 2 N–H and O–H groups in total. The van der Waals surface area contributed by atoms with Crippen LogP contribution in [0.15, 0.2) is 22.7 Å². The molecule has 2 aromatic heterocycles. The molecule has 1 aromatic carbocycles. The van der Waals surface area contributed by atoms with Crippen LogP contribution in [0, 0.1) is 12.7 Å². The van der Waals surface area contributed by atoms with Crippen molar-refractivity contribution < 1.29 is 8.91 Å². The Bertz CT molecular complexity index is 848. The first-order chi connectivity index (χ1) is 10.6. The van der Waals surface area contributed by atoms with E-state index in [0.717, 1.165) is 46.2 Å². The van der Waals surface area contributed by atoms with E-state index in [-0.39, 0.29) is 5.82 Å². The summed E-state index contributed by atoms with van der Waals surface area (Å²) in [4.78, 5) is 5.42. The molecule has 1 saturated carbocycles. The van der Waals surface area contributed by atoms with E-state index < -0.39 is 5.54 Å². The number of benzene rings is 1. The molecule has 0 bridgehead atoms. The minimum atomic E-state index is -0.460. The standard InChI is InChI=1S/C16H16FN3OS/c1-9-11-8-10(17)4-5-12(11)22-13(9)14-19-15(20-21-14)16(18)6-2-3-7-16/h4-5,8H,2-3,6-7,18H2,1H3. The van der Waals surface area contributed by atoms with Gasteiger partial charge in [-0.05, 0) is 48.9 Å². The Morgan fingerprint density at radius 1 is 1.32 bits per heavy atom. The zero-order valence-electron chi connectivity index (χ0n) is 12.2. The van der Waals surface area contributed by atoms with Crippen molar-refractivity contribution >= 4 is 21.4 Å². The summed E-state index contributed by atoms with van der Waals surface area (Å²) >= 11 is 1.54. The molecule has 3 aromatic rings. The molecule has 0 amide bonds. The third-order valence-corrected chi connectivity index (χ3v) is 5.72. The zero-order valence-corrected chi connectivity index (χ0v) is 13.0. The molecule has 0 radical (unpaired) electrons. The van der Waals surface area contributed by atoms with Gasteiger partial charge >= 0.3 is 0 Å². The molecule has 1 fully saturated rings. The van der Waals surface area contributed by atoms with Crippen molar-refractivity contribution in [2.45, 2.75) is 38.1 Å². The lowest BCUT2D eigenvalue weighted by atomic mass is 9.99. The average molecular weight is 317 g/mol. The van der Waals surface area contributed by atoms with Crippen LogP contribution in [0.3, 0.4) is 0 Å². The van der Waals surface area contributed by atoms with Crippen molar-refractivity contribution in [1.82, 2.24) is 10.1 Å². The second kappa shape index (κ2) is 4.86. The van der Waals surface area contributed by atoms with Gasteiger partial charge in [0.1, 0.15) is 5.82 Å². The number of thiophene rings is 1. The van der Waals surface area contributed by atoms with Gasteiger partial charge in [0.05, 0.1) is 10.4 Å². The molecular weight excluding hydrogens is 301 g/mol. The Labute approximate surface area is 131 Å². The number of aryl methyl sites for hydroxylation is 1. The summed E-state index contributed by atoms with van der Waals surface area (Å²) in [5, 5.41) is 4.99. The van der Waals surface area contributed by atoms with E-state index in [1.54, 1.807) is 12.1 Å². The quantitative estimate of drug-likeness (QED) is 0.772. The predicted molar refractivity (Wildman–Crippen MR) is 84.1 cm³/mol. The first kappa shape index (κ1) is 13.8. The molecular formula is C16H16FN3OS. The Morgan fingerprint density at radius 3 is 2.86 bits per heavy atom. The number of nitrogens with zero attached hydrogens (tertiary/aromatic N) is 2. The second-order valence-corrected chi connectivity index (χ2v) is 7.04. The Morgan fingerprint density at radius 2 is 2.09 bits per heavy atom. The summed E-state index contributed by atoms with van der Waals surface area (Å²) in [6.45, 7) is 1.95. The monoisotopic (exact) mass is 317 g/mol. The van der Waals surface area contributed by atoms with Gasteiger partial charge in [0.2, 0.25) is 0 Å². The molecule has 0 saturated heterocycles. The molecule has 2 heterocycles. The van der Waals surface area contributed by atoms with Crippen molar-refractivity contribution in [3.8, 4) is 10.8 Å². The maximum atomic E-state index is 13.4. The SMILES string of the molecule is Cc1c(-c2nc(C3(N)CCCC3)no2)sc2ccc(F)cc12. The van der Waals surface area contributed by atoms with Crippen molar-refractivity contribution in [3.05, 3.63) is 35.4 Å². The normalized spacial score (nSPS) is 17.4. The van der Waals surface area contributed by atoms with Crippen LogP contribution < -0.4 is 5.73 Å². The molecule has 114 valence electrons. The van der Waals surface area contributed by atoms with Crippen molar-refractivity contribution in [1.29, 1.82) is 0 Å². The van der Waals surface area contributed by atoms with Crippen LogP contribution in [0.2, 0.25) is 0 Å². The lowest BCUT2D eigenvalue weighted by Crippen LogP contribution is -2.34. The molecule has 0 unspecified atom stereocenters. The van der Waals surface area contributed by atoms with Crippen LogP contribution in [0.1, 0.15) is 37.1 Å². The number of fused-ring (bicyclic) bond motifs is 1. The minimum absolute atomic E-state index is 0.238. The Kier molecular flexibility index (Phi) is 3.06. The van der Waals surface area contributed by atoms with Crippen LogP contribution in [0.25, 0.3) is 20.9 Å². The molecule has 0 spiro atoms. The lowest BCUT2D eigenvalue weighted by Gasteiger charge is -2.17. The van der Waals surface area contributed by atoms with E-state index in [4.69, 9.17) is 10.3 Å². The molecule has 0 atom stereocenters. The number of halogens is 1. The van der Waals surface area contributed by atoms with Crippen LogP contribution in [0.5, 0.6) is 0 Å². The predicted octanol–water partition coefficient (Wildman–Crippen LogP) is 4.13. The summed E-state index contributed by atoms with van der Waals surface area (Å²) < 4.78 is 19.9. The largest absolute Gasteiger partial charge is 0.333 e. The highest BCUT2D eigenvalue weighted by molar-refractivity contribution is 7.22. The van der Waals surface area contributed by atoms with E-state index in [9.17, 15) is 4.39 Å². The van der Waals surface area contributed by atoms with Crippen LogP contribution in [-0.2, 0) is 5.54 Å². The van der Waals surface area contributed by atoms with Crippen LogP contribution in [0.4, 0.5) is 4.39 Å². The van der Waals surface area contributed by atoms with E-state index in [1.807, 2.05) is 6.92 Å². The molecule has 1 aliphatic carbocycles. The van der Waals surface area contributed by atoms with Crippen molar-refractivity contribution in [2.75, 3.05) is 0 Å². The molecule has 6 heteroatoms. The topological polar surface area (TPSA) is 64.9 Å². The van der Waals surface area contributed by atoms with Gasteiger partial charge in [-0.1, -0.05) is 18.0 Å². The number of hydrogen-bond acceptors (Lipinski definition) is 5.